The van der Waals surface area contributed by atoms with Crippen molar-refractivity contribution in [2.24, 2.45) is 5.73 Å². The molecule has 0 radical (unpaired) electrons. The number of likely N-dealkylation sites (tertiary alicyclic amines) is 1. The van der Waals surface area contributed by atoms with Gasteiger partial charge in [0.05, 0.1) is 17.6 Å². The predicted octanol–water partition coefficient (Wildman–Crippen LogP) is 2.31. The van der Waals surface area contributed by atoms with Gasteiger partial charge in [0, 0.05) is 24.1 Å². The summed E-state index contributed by atoms with van der Waals surface area (Å²) in [4.78, 5) is 18.0. The zero-order valence-corrected chi connectivity index (χ0v) is 14.7. The highest BCUT2D eigenvalue weighted by Crippen LogP contribution is 2.28. The van der Waals surface area contributed by atoms with Crippen LogP contribution in [0.5, 0.6) is 0 Å². The highest BCUT2D eigenvalue weighted by Gasteiger charge is 2.37. The van der Waals surface area contributed by atoms with Crippen LogP contribution in [0, 0.1) is 11.3 Å². The second kappa shape index (κ2) is 7.00. The van der Waals surface area contributed by atoms with Gasteiger partial charge in [-0.3, -0.25) is 4.90 Å². The number of aromatic nitrogens is 1. The number of anilines is 1. The molecule has 0 aliphatic carbocycles. The zero-order chi connectivity index (χ0) is 18.0. The average molecular weight is 362 g/mol. The summed E-state index contributed by atoms with van der Waals surface area (Å²) in [6.45, 7) is 3.67. The Labute approximate surface area is 150 Å². The molecule has 3 rings (SSSR count). The number of nitrogens with one attached hydrogen (secondary N) is 1. The summed E-state index contributed by atoms with van der Waals surface area (Å²) < 4.78 is 5.13. The third kappa shape index (κ3) is 3.76. The normalized spacial score (nSPS) is 24.2. The molecular weight excluding hydrogens is 342 g/mol. The molecule has 1 aliphatic rings. The molecule has 1 aromatic heterocycles. The van der Waals surface area contributed by atoms with Gasteiger partial charge < -0.3 is 15.5 Å². The average Bonchev–Trinajstić information content (AvgIpc) is 2.57. The van der Waals surface area contributed by atoms with E-state index in [-0.39, 0.29) is 6.17 Å². The summed E-state index contributed by atoms with van der Waals surface area (Å²) in [7, 11) is 0. The molecule has 132 valence electrons. The van der Waals surface area contributed by atoms with Crippen molar-refractivity contribution < 1.29 is 4.42 Å². The van der Waals surface area contributed by atoms with Crippen LogP contribution in [0.15, 0.2) is 27.4 Å². The monoisotopic (exact) mass is 361 g/mol. The van der Waals surface area contributed by atoms with Gasteiger partial charge in [-0.05, 0) is 31.5 Å². The highest BCUT2D eigenvalue weighted by molar-refractivity contribution is 6.31. The van der Waals surface area contributed by atoms with E-state index < -0.39 is 11.3 Å². The summed E-state index contributed by atoms with van der Waals surface area (Å²) in [5.41, 5.74) is 5.66. The van der Waals surface area contributed by atoms with Gasteiger partial charge in [-0.15, -0.1) is 0 Å². The maximum Gasteiger partial charge on any atom is 0.441 e. The van der Waals surface area contributed by atoms with E-state index in [1.54, 1.807) is 18.2 Å². The highest BCUT2D eigenvalue weighted by atomic mass is 35.5. The first kappa shape index (κ1) is 17.7. The van der Waals surface area contributed by atoms with Gasteiger partial charge in [0.25, 0.3) is 0 Å². The first-order valence-electron chi connectivity index (χ1n) is 8.25. The Balaban J connectivity index is 1.97. The Morgan fingerprint density at radius 1 is 1.60 bits per heavy atom. The van der Waals surface area contributed by atoms with E-state index in [4.69, 9.17) is 21.8 Å². The molecule has 1 aliphatic heterocycles. The van der Waals surface area contributed by atoms with Gasteiger partial charge in [-0.1, -0.05) is 18.5 Å². The third-order valence-corrected chi connectivity index (χ3v) is 4.71. The molecule has 8 heteroatoms. The van der Waals surface area contributed by atoms with Gasteiger partial charge >= 0.3 is 5.76 Å². The molecule has 25 heavy (non-hydrogen) atoms. The van der Waals surface area contributed by atoms with Crippen LogP contribution in [0.3, 0.4) is 0 Å². The molecule has 2 unspecified atom stereocenters. The predicted molar refractivity (Wildman–Crippen MR) is 96.3 cm³/mol. The number of benzene rings is 1. The SMILES string of the molecule is CCCN1CCC(N)(C#N)CC1Nc1nc(=O)oc2cc(Cl)ccc12. The zero-order valence-electron chi connectivity index (χ0n) is 14.0. The van der Waals surface area contributed by atoms with Gasteiger partial charge in [0.1, 0.15) is 16.9 Å². The van der Waals surface area contributed by atoms with E-state index in [1.165, 1.54) is 0 Å². The lowest BCUT2D eigenvalue weighted by atomic mass is 9.88. The van der Waals surface area contributed by atoms with Crippen LogP contribution in [0.25, 0.3) is 11.0 Å². The van der Waals surface area contributed by atoms with E-state index in [0.29, 0.717) is 41.2 Å². The molecule has 0 bridgehead atoms. The number of hydrogen-bond acceptors (Lipinski definition) is 7. The standard InChI is InChI=1S/C17H20ClN5O2/c1-2-6-23-7-5-17(20,10-19)9-14(23)21-15-12-4-3-11(18)8-13(12)25-16(24)22-15/h3-4,8,14H,2,5-7,9,20H2,1H3,(H,21,22,24). The summed E-state index contributed by atoms with van der Waals surface area (Å²) in [5.74, 6) is -0.286. The van der Waals surface area contributed by atoms with Crippen LogP contribution in [0.2, 0.25) is 5.02 Å². The minimum atomic E-state index is -0.888. The number of hydrogen-bond donors (Lipinski definition) is 2. The molecule has 1 aromatic carbocycles. The molecule has 0 spiro atoms. The van der Waals surface area contributed by atoms with Crippen LogP contribution in [-0.4, -0.2) is 34.7 Å². The summed E-state index contributed by atoms with van der Waals surface area (Å²) in [5, 5.41) is 13.8. The van der Waals surface area contributed by atoms with Gasteiger partial charge in [0.2, 0.25) is 0 Å². The smallest absolute Gasteiger partial charge is 0.408 e. The minimum absolute atomic E-state index is 0.188. The lowest BCUT2D eigenvalue weighted by molar-refractivity contribution is 0.132. The maximum atomic E-state index is 11.8. The van der Waals surface area contributed by atoms with E-state index in [0.717, 1.165) is 13.0 Å². The van der Waals surface area contributed by atoms with E-state index in [9.17, 15) is 10.1 Å². The fraction of sp³-hybridized carbons (Fsp3) is 0.471. The molecule has 2 aromatic rings. The first-order valence-corrected chi connectivity index (χ1v) is 8.63. The van der Waals surface area contributed by atoms with Crippen molar-refractivity contribution >= 4 is 28.4 Å². The first-order chi connectivity index (χ1) is 11.9. The number of rotatable bonds is 4. The van der Waals surface area contributed by atoms with Crippen molar-refractivity contribution in [3.8, 4) is 6.07 Å². The number of halogens is 1. The van der Waals surface area contributed by atoms with Gasteiger partial charge in [-0.2, -0.15) is 10.2 Å². The lowest BCUT2D eigenvalue weighted by Gasteiger charge is -2.42. The van der Waals surface area contributed by atoms with E-state index in [1.807, 2.05) is 0 Å². The molecule has 1 fully saturated rings. The Morgan fingerprint density at radius 2 is 2.40 bits per heavy atom. The van der Waals surface area contributed by atoms with Crippen molar-refractivity contribution in [2.45, 2.75) is 37.9 Å². The maximum absolute atomic E-state index is 11.8. The summed E-state index contributed by atoms with van der Waals surface area (Å²) in [6, 6.07) is 7.25. The second-order valence-electron chi connectivity index (χ2n) is 6.39. The summed E-state index contributed by atoms with van der Waals surface area (Å²) >= 11 is 5.97. The van der Waals surface area contributed by atoms with Crippen LogP contribution < -0.4 is 16.8 Å². The Kier molecular flexibility index (Phi) is 4.95. The molecule has 7 nitrogen and oxygen atoms in total. The fourth-order valence-electron chi connectivity index (χ4n) is 3.19. The molecular formula is C17H20ClN5O2. The Bertz CT molecular complexity index is 877. The van der Waals surface area contributed by atoms with Crippen molar-refractivity contribution in [1.82, 2.24) is 9.88 Å². The largest absolute Gasteiger partial charge is 0.441 e. The Morgan fingerprint density at radius 3 is 3.12 bits per heavy atom. The van der Waals surface area contributed by atoms with Crippen molar-refractivity contribution in [3.63, 3.8) is 0 Å². The molecule has 2 atom stereocenters. The third-order valence-electron chi connectivity index (χ3n) is 4.48. The number of piperidine rings is 1. The number of fused-ring (bicyclic) bond motifs is 1. The summed E-state index contributed by atoms with van der Waals surface area (Å²) in [6.07, 6.45) is 1.85. The van der Waals surface area contributed by atoms with Crippen LogP contribution in [-0.2, 0) is 0 Å². The van der Waals surface area contributed by atoms with Crippen LogP contribution in [0.4, 0.5) is 5.82 Å². The van der Waals surface area contributed by atoms with Gasteiger partial charge in [-0.25, -0.2) is 4.79 Å². The van der Waals surface area contributed by atoms with E-state index in [2.05, 4.69) is 28.2 Å². The van der Waals surface area contributed by atoms with Crippen LogP contribution >= 0.6 is 11.6 Å². The van der Waals surface area contributed by atoms with Gasteiger partial charge in [0.15, 0.2) is 0 Å². The van der Waals surface area contributed by atoms with Crippen molar-refractivity contribution in [1.29, 1.82) is 5.26 Å². The molecule has 0 saturated carbocycles. The lowest BCUT2D eigenvalue weighted by Crippen LogP contribution is -2.57. The molecule has 2 heterocycles. The molecule has 1 saturated heterocycles. The quantitative estimate of drug-likeness (QED) is 0.860. The van der Waals surface area contributed by atoms with Crippen LogP contribution in [0.1, 0.15) is 26.2 Å². The van der Waals surface area contributed by atoms with E-state index >= 15 is 0 Å². The fourth-order valence-corrected chi connectivity index (χ4v) is 3.35. The number of nitrogens with two attached hydrogens (primary N) is 1. The topological polar surface area (TPSA) is 108 Å². The number of nitriles is 1. The van der Waals surface area contributed by atoms with Crippen molar-refractivity contribution in [3.05, 3.63) is 33.8 Å². The molecule has 0 amide bonds. The Hall–Kier alpha value is -2.14. The van der Waals surface area contributed by atoms with Crippen molar-refractivity contribution in [2.75, 3.05) is 18.4 Å². The number of nitrogens with zero attached hydrogens (tertiary/aromatic N) is 3. The minimum Gasteiger partial charge on any atom is -0.408 e. The molecule has 3 N–H and O–H groups in total. The second-order valence-corrected chi connectivity index (χ2v) is 6.82.